The highest BCUT2D eigenvalue weighted by Gasteiger charge is 2.34. The number of rotatable bonds is 9. The summed E-state index contributed by atoms with van der Waals surface area (Å²) >= 11 is 0. The number of nitrogens with zero attached hydrogens (tertiary/aromatic N) is 1. The number of benzene rings is 2. The van der Waals surface area contributed by atoms with E-state index in [1.165, 1.54) is 0 Å². The molecule has 2 aromatic rings. The van der Waals surface area contributed by atoms with Gasteiger partial charge >= 0.3 is 12.2 Å². The standard InChI is InChI=1S/C25H32N2O6/c1-25(2,3)33-24(29)27-15-22(16-27)31-18-20-10-7-11-21(14-20)30-13-12-26-23(28)32-17-19-8-5-4-6-9-19/h4-11,14,22H,12-13,15-18H2,1-3H3,(H,26,28). The summed E-state index contributed by atoms with van der Waals surface area (Å²) in [6.45, 7) is 7.90. The smallest absolute Gasteiger partial charge is 0.410 e. The van der Waals surface area contributed by atoms with Crippen LogP contribution in [0.1, 0.15) is 31.9 Å². The Morgan fingerprint density at radius 2 is 1.73 bits per heavy atom. The largest absolute Gasteiger partial charge is 0.492 e. The van der Waals surface area contributed by atoms with E-state index in [1.54, 1.807) is 4.90 Å². The molecule has 2 amide bonds. The first-order valence-electron chi connectivity index (χ1n) is 11.0. The molecule has 1 fully saturated rings. The Bertz CT molecular complexity index is 907. The number of carbonyl (C=O) groups excluding carboxylic acids is 2. The summed E-state index contributed by atoms with van der Waals surface area (Å²) in [7, 11) is 0. The lowest BCUT2D eigenvalue weighted by Crippen LogP contribution is -2.55. The van der Waals surface area contributed by atoms with Crippen LogP contribution >= 0.6 is 0 Å². The van der Waals surface area contributed by atoms with Crippen LogP contribution in [0.4, 0.5) is 9.59 Å². The van der Waals surface area contributed by atoms with Crippen molar-refractivity contribution >= 4 is 12.2 Å². The molecule has 0 atom stereocenters. The molecule has 8 heteroatoms. The normalized spacial score (nSPS) is 13.7. The first-order valence-corrected chi connectivity index (χ1v) is 11.0. The Hall–Kier alpha value is -3.26. The number of carbonyl (C=O) groups is 2. The van der Waals surface area contributed by atoms with Crippen molar-refractivity contribution in [1.82, 2.24) is 10.2 Å². The molecule has 0 spiro atoms. The first-order chi connectivity index (χ1) is 15.8. The van der Waals surface area contributed by atoms with Crippen molar-refractivity contribution in [3.8, 4) is 5.75 Å². The third kappa shape index (κ3) is 8.65. The van der Waals surface area contributed by atoms with Gasteiger partial charge in [-0.1, -0.05) is 42.5 Å². The van der Waals surface area contributed by atoms with Crippen LogP contribution in [-0.2, 0) is 27.4 Å². The van der Waals surface area contributed by atoms with E-state index in [4.69, 9.17) is 18.9 Å². The van der Waals surface area contributed by atoms with Gasteiger partial charge in [-0.2, -0.15) is 0 Å². The maximum Gasteiger partial charge on any atom is 0.410 e. The van der Waals surface area contributed by atoms with Crippen LogP contribution in [0.25, 0.3) is 0 Å². The van der Waals surface area contributed by atoms with Crippen LogP contribution in [-0.4, -0.2) is 55.0 Å². The van der Waals surface area contributed by atoms with Crippen LogP contribution in [0.5, 0.6) is 5.75 Å². The zero-order valence-electron chi connectivity index (χ0n) is 19.4. The van der Waals surface area contributed by atoms with E-state index in [-0.39, 0.29) is 18.8 Å². The van der Waals surface area contributed by atoms with Crippen molar-refractivity contribution in [2.45, 2.75) is 45.7 Å². The molecule has 3 rings (SSSR count). The van der Waals surface area contributed by atoms with Gasteiger partial charge in [0.25, 0.3) is 0 Å². The molecule has 178 valence electrons. The summed E-state index contributed by atoms with van der Waals surface area (Å²) in [4.78, 5) is 25.4. The van der Waals surface area contributed by atoms with E-state index in [0.717, 1.165) is 11.1 Å². The number of amides is 2. The Morgan fingerprint density at radius 1 is 1.00 bits per heavy atom. The van der Waals surface area contributed by atoms with Crippen molar-refractivity contribution in [2.24, 2.45) is 0 Å². The molecule has 0 saturated carbocycles. The molecular weight excluding hydrogens is 424 g/mol. The molecular formula is C25H32N2O6. The van der Waals surface area contributed by atoms with Gasteiger partial charge in [0.1, 0.15) is 24.6 Å². The summed E-state index contributed by atoms with van der Waals surface area (Å²) in [6, 6.07) is 17.1. The number of hydrogen-bond acceptors (Lipinski definition) is 6. The average molecular weight is 457 g/mol. The molecule has 8 nitrogen and oxygen atoms in total. The van der Waals surface area contributed by atoms with Crippen LogP contribution in [0.2, 0.25) is 0 Å². The highest BCUT2D eigenvalue weighted by molar-refractivity contribution is 5.69. The Kier molecular flexibility index (Phi) is 8.54. The summed E-state index contributed by atoms with van der Waals surface area (Å²) in [6.07, 6.45) is -0.797. The molecule has 0 bridgehead atoms. The van der Waals surface area contributed by atoms with Crippen LogP contribution in [0.15, 0.2) is 54.6 Å². The fourth-order valence-electron chi connectivity index (χ4n) is 3.05. The van der Waals surface area contributed by atoms with Crippen LogP contribution in [0, 0.1) is 0 Å². The van der Waals surface area contributed by atoms with E-state index < -0.39 is 11.7 Å². The third-order valence-electron chi connectivity index (χ3n) is 4.74. The lowest BCUT2D eigenvalue weighted by molar-refractivity contribution is -0.0691. The maximum atomic E-state index is 12.0. The number of ether oxygens (including phenoxy) is 4. The first kappa shape index (κ1) is 24.4. The second-order valence-electron chi connectivity index (χ2n) is 8.80. The van der Waals surface area contributed by atoms with Crippen LogP contribution < -0.4 is 10.1 Å². The number of hydrogen-bond donors (Lipinski definition) is 1. The number of nitrogens with one attached hydrogen (secondary N) is 1. The van der Waals surface area contributed by atoms with Gasteiger partial charge in [0.15, 0.2) is 0 Å². The highest BCUT2D eigenvalue weighted by atomic mass is 16.6. The monoisotopic (exact) mass is 456 g/mol. The molecule has 0 aliphatic carbocycles. The second-order valence-corrected chi connectivity index (χ2v) is 8.80. The van der Waals surface area contributed by atoms with Gasteiger partial charge in [-0.15, -0.1) is 0 Å². The predicted octanol–water partition coefficient (Wildman–Crippen LogP) is 4.13. The Labute approximate surface area is 194 Å². The van der Waals surface area contributed by atoms with Crippen molar-refractivity contribution in [1.29, 1.82) is 0 Å². The van der Waals surface area contributed by atoms with Gasteiger partial charge in [-0.25, -0.2) is 9.59 Å². The molecule has 0 radical (unpaired) electrons. The van der Waals surface area contributed by atoms with Gasteiger partial charge < -0.3 is 29.2 Å². The minimum Gasteiger partial charge on any atom is -0.492 e. The molecule has 1 N–H and O–H groups in total. The topological polar surface area (TPSA) is 86.3 Å². The van der Waals surface area contributed by atoms with E-state index >= 15 is 0 Å². The van der Waals surface area contributed by atoms with Gasteiger partial charge in [-0.05, 0) is 44.0 Å². The van der Waals surface area contributed by atoms with Crippen molar-refractivity contribution < 1.29 is 28.5 Å². The SMILES string of the molecule is CC(C)(C)OC(=O)N1CC(OCc2cccc(OCCNC(=O)OCc3ccccc3)c2)C1. The van der Waals surface area contributed by atoms with Gasteiger partial charge in [0.2, 0.25) is 0 Å². The fraction of sp³-hybridized carbons (Fsp3) is 0.440. The molecule has 0 aromatic heterocycles. The lowest BCUT2D eigenvalue weighted by atomic mass is 10.1. The van der Waals surface area contributed by atoms with Gasteiger partial charge in [0.05, 0.1) is 32.3 Å². The molecule has 33 heavy (non-hydrogen) atoms. The zero-order chi connectivity index (χ0) is 23.7. The third-order valence-corrected chi connectivity index (χ3v) is 4.74. The van der Waals surface area contributed by atoms with Crippen molar-refractivity contribution in [3.05, 3.63) is 65.7 Å². The number of likely N-dealkylation sites (tertiary alicyclic amines) is 1. The maximum absolute atomic E-state index is 12.0. The van der Waals surface area contributed by atoms with E-state index in [0.29, 0.717) is 38.6 Å². The van der Waals surface area contributed by atoms with Crippen LogP contribution in [0.3, 0.4) is 0 Å². The summed E-state index contributed by atoms with van der Waals surface area (Å²) in [5.41, 5.74) is 1.40. The molecule has 2 aromatic carbocycles. The molecule has 1 saturated heterocycles. The predicted molar refractivity (Wildman–Crippen MR) is 123 cm³/mol. The van der Waals surface area contributed by atoms with Crippen molar-refractivity contribution in [2.75, 3.05) is 26.2 Å². The molecule has 1 heterocycles. The Balaban J connectivity index is 1.29. The van der Waals surface area contributed by atoms with Crippen molar-refractivity contribution in [3.63, 3.8) is 0 Å². The lowest BCUT2D eigenvalue weighted by Gasteiger charge is -2.39. The van der Waals surface area contributed by atoms with E-state index in [9.17, 15) is 9.59 Å². The Morgan fingerprint density at radius 3 is 2.45 bits per heavy atom. The molecule has 0 unspecified atom stereocenters. The quantitative estimate of drug-likeness (QED) is 0.571. The van der Waals surface area contributed by atoms with E-state index in [2.05, 4.69) is 5.32 Å². The fourth-order valence-corrected chi connectivity index (χ4v) is 3.05. The minimum absolute atomic E-state index is 0.00630. The minimum atomic E-state index is -0.499. The van der Waals surface area contributed by atoms with E-state index in [1.807, 2.05) is 75.4 Å². The van der Waals surface area contributed by atoms with Gasteiger partial charge in [-0.3, -0.25) is 0 Å². The summed E-state index contributed by atoms with van der Waals surface area (Å²) in [5, 5.41) is 2.67. The summed E-state index contributed by atoms with van der Waals surface area (Å²) in [5.74, 6) is 0.694. The highest BCUT2D eigenvalue weighted by Crippen LogP contribution is 2.20. The average Bonchev–Trinajstić information content (AvgIpc) is 2.74. The van der Waals surface area contributed by atoms with Gasteiger partial charge in [0, 0.05) is 0 Å². The summed E-state index contributed by atoms with van der Waals surface area (Å²) < 4.78 is 22.1. The number of alkyl carbamates (subject to hydrolysis) is 1. The zero-order valence-corrected chi connectivity index (χ0v) is 19.4. The molecule has 1 aliphatic heterocycles. The second kappa shape index (κ2) is 11.6. The molecule has 1 aliphatic rings.